The number of sulfone groups is 1. The number of aliphatic carboxylic acids is 1. The average Bonchev–Trinajstić information content (AvgIpc) is 2.61. The predicted octanol–water partition coefficient (Wildman–Crippen LogP) is 0.241. The molecule has 0 spiro atoms. The summed E-state index contributed by atoms with van der Waals surface area (Å²) in [6, 6.07) is 0. The molecule has 0 saturated carbocycles. The smallest absolute Gasteiger partial charge is 0.321 e. The van der Waals surface area contributed by atoms with Gasteiger partial charge in [-0.3, -0.25) is 4.79 Å². The van der Waals surface area contributed by atoms with Crippen molar-refractivity contribution in [3.63, 3.8) is 0 Å². The second-order valence-corrected chi connectivity index (χ2v) is 6.11. The Hall–Kier alpha value is -1.37. The van der Waals surface area contributed by atoms with Gasteiger partial charge in [-0.2, -0.15) is 0 Å². The van der Waals surface area contributed by atoms with Crippen molar-refractivity contribution in [2.45, 2.75) is 25.0 Å². The summed E-state index contributed by atoms with van der Waals surface area (Å²) in [5, 5.41) is 7.50. The summed E-state index contributed by atoms with van der Waals surface area (Å²) in [7, 11) is -1.85. The van der Waals surface area contributed by atoms with Crippen molar-refractivity contribution in [3.8, 4) is 0 Å². The zero-order chi connectivity index (χ0) is 13.1. The number of carboxylic acid groups (broad SMARTS) is 1. The van der Waals surface area contributed by atoms with Gasteiger partial charge in [0, 0.05) is 25.9 Å². The maximum atomic E-state index is 11.8. The third kappa shape index (κ3) is 3.29. The SMILES string of the molecule is CCC(C(=O)O)S(=O)(=O)CCc1nccn1C. The molecule has 1 rings (SSSR count). The van der Waals surface area contributed by atoms with E-state index < -0.39 is 21.1 Å². The summed E-state index contributed by atoms with van der Waals surface area (Å²) in [6.45, 7) is 1.55. The number of imidazole rings is 1. The highest BCUT2D eigenvalue weighted by atomic mass is 32.2. The molecule has 17 heavy (non-hydrogen) atoms. The Balaban J connectivity index is 2.74. The van der Waals surface area contributed by atoms with Crippen molar-refractivity contribution in [1.82, 2.24) is 9.55 Å². The fourth-order valence-corrected chi connectivity index (χ4v) is 3.16. The van der Waals surface area contributed by atoms with Crippen LogP contribution >= 0.6 is 0 Å². The van der Waals surface area contributed by atoms with Gasteiger partial charge in [0.1, 0.15) is 5.82 Å². The van der Waals surface area contributed by atoms with E-state index in [0.717, 1.165) is 0 Å². The fraction of sp³-hybridized carbons (Fsp3) is 0.600. The lowest BCUT2D eigenvalue weighted by molar-refractivity contribution is -0.136. The third-order valence-corrected chi connectivity index (χ3v) is 4.79. The van der Waals surface area contributed by atoms with E-state index >= 15 is 0 Å². The lowest BCUT2D eigenvalue weighted by Crippen LogP contribution is -2.32. The Morgan fingerprint density at radius 1 is 1.59 bits per heavy atom. The van der Waals surface area contributed by atoms with Gasteiger partial charge >= 0.3 is 5.97 Å². The minimum absolute atomic E-state index is 0.0816. The maximum absolute atomic E-state index is 11.8. The minimum atomic E-state index is -3.62. The Morgan fingerprint density at radius 2 is 2.24 bits per heavy atom. The molecular weight excluding hydrogens is 244 g/mol. The Labute approximate surface area is 100 Å². The zero-order valence-corrected chi connectivity index (χ0v) is 10.6. The molecule has 1 aromatic heterocycles. The molecule has 1 N–H and O–H groups in total. The fourth-order valence-electron chi connectivity index (χ4n) is 1.60. The van der Waals surface area contributed by atoms with E-state index in [1.54, 1.807) is 30.9 Å². The maximum Gasteiger partial charge on any atom is 0.321 e. The lowest BCUT2D eigenvalue weighted by Gasteiger charge is -2.11. The van der Waals surface area contributed by atoms with Crippen molar-refractivity contribution in [2.24, 2.45) is 7.05 Å². The zero-order valence-electron chi connectivity index (χ0n) is 9.83. The van der Waals surface area contributed by atoms with Gasteiger partial charge in [0.2, 0.25) is 0 Å². The van der Waals surface area contributed by atoms with Crippen LogP contribution in [0.1, 0.15) is 19.2 Å². The summed E-state index contributed by atoms with van der Waals surface area (Å²) in [5.74, 6) is -0.844. The molecule has 0 fully saturated rings. The number of nitrogens with zero attached hydrogens (tertiary/aromatic N) is 2. The van der Waals surface area contributed by atoms with E-state index in [1.807, 2.05) is 0 Å². The molecule has 0 aliphatic carbocycles. The van der Waals surface area contributed by atoms with Crippen LogP contribution in [0.25, 0.3) is 0 Å². The second kappa shape index (κ2) is 5.31. The van der Waals surface area contributed by atoms with Crippen molar-refractivity contribution < 1.29 is 18.3 Å². The first-order valence-electron chi connectivity index (χ1n) is 5.29. The third-order valence-electron chi connectivity index (χ3n) is 2.61. The quantitative estimate of drug-likeness (QED) is 0.791. The molecule has 1 aromatic rings. The van der Waals surface area contributed by atoms with Gasteiger partial charge in [-0.15, -0.1) is 0 Å². The minimum Gasteiger partial charge on any atom is -0.480 e. The molecule has 6 nitrogen and oxygen atoms in total. The number of hydrogen-bond donors (Lipinski definition) is 1. The average molecular weight is 260 g/mol. The molecule has 96 valence electrons. The monoisotopic (exact) mass is 260 g/mol. The van der Waals surface area contributed by atoms with Crippen LogP contribution in [0.3, 0.4) is 0 Å². The number of carboxylic acids is 1. The lowest BCUT2D eigenvalue weighted by atomic mass is 10.3. The summed E-state index contributed by atoms with van der Waals surface area (Å²) < 4.78 is 25.3. The summed E-state index contributed by atoms with van der Waals surface area (Å²) in [4.78, 5) is 14.8. The van der Waals surface area contributed by atoms with Gasteiger partial charge in [0.25, 0.3) is 0 Å². The number of rotatable bonds is 6. The van der Waals surface area contributed by atoms with Crippen LogP contribution in [0.4, 0.5) is 0 Å². The first-order chi connectivity index (χ1) is 7.88. The van der Waals surface area contributed by atoms with Gasteiger partial charge in [0.05, 0.1) is 5.75 Å². The highest BCUT2D eigenvalue weighted by molar-refractivity contribution is 7.92. The van der Waals surface area contributed by atoms with Crippen molar-refractivity contribution in [1.29, 1.82) is 0 Å². The number of hydrogen-bond acceptors (Lipinski definition) is 4. The first kappa shape index (κ1) is 13.7. The molecule has 1 unspecified atom stereocenters. The van der Waals surface area contributed by atoms with Crippen LogP contribution < -0.4 is 0 Å². The van der Waals surface area contributed by atoms with E-state index in [4.69, 9.17) is 5.11 Å². The molecule has 1 heterocycles. The van der Waals surface area contributed by atoms with Crippen LogP contribution in [0.2, 0.25) is 0 Å². The van der Waals surface area contributed by atoms with E-state index in [1.165, 1.54) is 0 Å². The molecule has 0 amide bonds. The summed E-state index contributed by atoms with van der Waals surface area (Å²) in [5.41, 5.74) is 0. The van der Waals surface area contributed by atoms with E-state index in [2.05, 4.69) is 4.98 Å². The largest absolute Gasteiger partial charge is 0.480 e. The van der Waals surface area contributed by atoms with Crippen LogP contribution in [0.15, 0.2) is 12.4 Å². The molecule has 0 bridgehead atoms. The Kier molecular flexibility index (Phi) is 4.28. The van der Waals surface area contributed by atoms with Gasteiger partial charge in [0.15, 0.2) is 15.1 Å². The number of carbonyl (C=O) groups is 1. The molecule has 0 aliphatic heterocycles. The molecule has 0 radical (unpaired) electrons. The van der Waals surface area contributed by atoms with Gasteiger partial charge in [-0.05, 0) is 6.42 Å². The van der Waals surface area contributed by atoms with Crippen LogP contribution in [0, 0.1) is 0 Å². The van der Waals surface area contributed by atoms with Gasteiger partial charge in [-0.25, -0.2) is 13.4 Å². The van der Waals surface area contributed by atoms with E-state index in [0.29, 0.717) is 5.82 Å². The van der Waals surface area contributed by atoms with Crippen LogP contribution in [-0.2, 0) is 28.1 Å². The molecule has 0 aromatic carbocycles. The number of aromatic nitrogens is 2. The summed E-state index contributed by atoms with van der Waals surface area (Å²) in [6.07, 6.45) is 3.61. The molecule has 0 aliphatic rings. The normalized spacial score (nSPS) is 13.5. The van der Waals surface area contributed by atoms with Gasteiger partial charge < -0.3 is 9.67 Å². The second-order valence-electron chi connectivity index (χ2n) is 3.81. The predicted molar refractivity (Wildman–Crippen MR) is 62.4 cm³/mol. The van der Waals surface area contributed by atoms with Crippen molar-refractivity contribution >= 4 is 15.8 Å². The Morgan fingerprint density at radius 3 is 2.65 bits per heavy atom. The molecule has 1 atom stereocenters. The highest BCUT2D eigenvalue weighted by Crippen LogP contribution is 2.09. The molecular formula is C10H16N2O4S. The first-order valence-corrected chi connectivity index (χ1v) is 7.00. The standard InChI is InChI=1S/C10H16N2O4S/c1-3-8(10(13)14)17(15,16)7-4-9-11-5-6-12(9)2/h5-6,8H,3-4,7H2,1-2H3,(H,13,14). The Bertz CT molecular complexity index is 492. The topological polar surface area (TPSA) is 89.3 Å². The number of aryl methyl sites for hydroxylation is 2. The highest BCUT2D eigenvalue weighted by Gasteiger charge is 2.30. The van der Waals surface area contributed by atoms with Gasteiger partial charge in [-0.1, -0.05) is 6.92 Å². The van der Waals surface area contributed by atoms with Crippen molar-refractivity contribution in [3.05, 3.63) is 18.2 Å². The van der Waals surface area contributed by atoms with E-state index in [-0.39, 0.29) is 18.6 Å². The van der Waals surface area contributed by atoms with Crippen LogP contribution in [0.5, 0.6) is 0 Å². The van der Waals surface area contributed by atoms with Crippen LogP contribution in [-0.4, -0.2) is 40.0 Å². The molecule has 0 saturated heterocycles. The van der Waals surface area contributed by atoms with Crippen molar-refractivity contribution in [2.75, 3.05) is 5.75 Å². The van der Waals surface area contributed by atoms with E-state index in [9.17, 15) is 13.2 Å². The molecule has 7 heteroatoms. The summed E-state index contributed by atoms with van der Waals surface area (Å²) >= 11 is 0.